The third kappa shape index (κ3) is 6.28. The van der Waals surface area contributed by atoms with Crippen LogP contribution in [0.1, 0.15) is 150 Å². The first-order chi connectivity index (χ1) is 37.9. The van der Waals surface area contributed by atoms with Gasteiger partial charge in [-0.15, -0.1) is 0 Å². The number of carbonyl (C=O) groups is 2. The number of fused-ring (bicyclic) bond motifs is 9. The second-order valence-corrected chi connectivity index (χ2v) is 28.3. The van der Waals surface area contributed by atoms with E-state index < -0.39 is 62.4 Å². The lowest BCUT2D eigenvalue weighted by Gasteiger charge is -2.75. The maximum Gasteiger partial charge on any atom is 0.331 e. The van der Waals surface area contributed by atoms with E-state index in [0.717, 1.165) is 67.1 Å². The number of likely N-dealkylation sites (N-methyl/N-ethyl adjacent to an activating group) is 1. The molecule has 10 nitrogen and oxygen atoms in total. The molecule has 6 N–H and O–H groups in total. The minimum Gasteiger partial charge on any atom is -0.497 e. The molecule has 2 aromatic rings. The van der Waals surface area contributed by atoms with Crippen LogP contribution in [0.2, 0.25) is 0 Å². The van der Waals surface area contributed by atoms with E-state index in [-0.39, 0.29) is 79.6 Å². The standard InChI is InChI=1S/C68H83NO9/c1-69-57-32-51-42(16-9-18-45(51)36-70)15-7-8-24-63-25-22-58-62(38-71)37-64-47(28-46-27-43(20-21-54(46)64)40-11-3-2-4-12-40)23-26-77-61(64)56-29-44-17-10-19-50(41-13-5-6-14-41)52(44)31-49(68(56,62)76)34-66(58,74)67(63,75)35-48-30-53(57)60-55(33-59(73)78-60)65(48,63)39-72/h2-4,9-12,16-18,23,26,33,38,41,43-44,46-50,52-54,56-58,60-61,69-70,72,74-76H,5-6,8,13-14,19-22,24-25,27-32,34-37,39H2,1H3. The molecule has 78 heavy (non-hydrogen) atoms. The fourth-order valence-corrected chi connectivity index (χ4v) is 24.1. The van der Waals surface area contributed by atoms with E-state index in [1.165, 1.54) is 31.2 Å². The van der Waals surface area contributed by atoms with Crippen molar-refractivity contribution in [1.82, 2.24) is 5.32 Å². The van der Waals surface area contributed by atoms with Crippen molar-refractivity contribution >= 4 is 12.3 Å². The SMILES string of the molecule is CNC1Cc2c(cccc2CO)C#CCCC23CCC4C(O)(CC5CC6C(C=CCC6C6CCCC6)CC6C7OC=CC8CC9CC(c%10ccccc%10)CCC9C87CC4(C=O)C56O)C2(O)CC2CC1C1OC(=O)C=C1C23CO. The van der Waals surface area contributed by atoms with E-state index in [1.807, 2.05) is 31.5 Å². The van der Waals surface area contributed by atoms with Gasteiger partial charge < -0.3 is 45.1 Å². The van der Waals surface area contributed by atoms with Gasteiger partial charge in [-0.1, -0.05) is 92.1 Å². The first-order valence-corrected chi connectivity index (χ1v) is 31.0. The van der Waals surface area contributed by atoms with Crippen molar-refractivity contribution in [3.05, 3.63) is 107 Å². The molecule has 0 saturated heterocycles. The fraction of sp³-hybridized carbons (Fsp3) is 0.676. The van der Waals surface area contributed by atoms with Crippen LogP contribution in [-0.4, -0.2) is 86.5 Å². The van der Waals surface area contributed by atoms with Gasteiger partial charge in [-0.2, -0.15) is 0 Å². The number of aliphatic hydroxyl groups excluding tert-OH is 2. The summed E-state index contributed by atoms with van der Waals surface area (Å²) >= 11 is 0. The van der Waals surface area contributed by atoms with Crippen LogP contribution in [0.4, 0.5) is 0 Å². The quantitative estimate of drug-likeness (QED) is 0.0712. The first kappa shape index (κ1) is 50.8. The molecule has 2 spiro atoms. The van der Waals surface area contributed by atoms with E-state index in [4.69, 9.17) is 9.47 Å². The summed E-state index contributed by atoms with van der Waals surface area (Å²) < 4.78 is 13.7. The zero-order valence-corrected chi connectivity index (χ0v) is 45.7. The maximum atomic E-state index is 15.7. The lowest BCUT2D eigenvalue weighted by molar-refractivity contribution is -0.363. The van der Waals surface area contributed by atoms with Gasteiger partial charge in [0.1, 0.15) is 24.1 Å². The third-order valence-electron chi connectivity index (χ3n) is 26.7. The zero-order chi connectivity index (χ0) is 53.2. The van der Waals surface area contributed by atoms with Crippen molar-refractivity contribution in [1.29, 1.82) is 0 Å². The number of ether oxygens (including phenoxy) is 2. The lowest BCUT2D eigenvalue weighted by Crippen LogP contribution is -2.83. The van der Waals surface area contributed by atoms with Gasteiger partial charge in [0, 0.05) is 58.1 Å². The van der Waals surface area contributed by atoms with Gasteiger partial charge in [0.15, 0.2) is 0 Å². The molecule has 22 atom stereocenters. The third-order valence-corrected chi connectivity index (χ3v) is 26.7. The van der Waals surface area contributed by atoms with Crippen molar-refractivity contribution in [3.63, 3.8) is 0 Å². The van der Waals surface area contributed by atoms with Gasteiger partial charge in [0.05, 0.1) is 36.1 Å². The lowest BCUT2D eigenvalue weighted by atomic mass is 9.32. The Balaban J connectivity index is 0.921. The van der Waals surface area contributed by atoms with Crippen LogP contribution >= 0.6 is 0 Å². The fourth-order valence-electron chi connectivity index (χ4n) is 24.1. The van der Waals surface area contributed by atoms with E-state index in [0.29, 0.717) is 75.0 Å². The highest BCUT2D eigenvalue weighted by atomic mass is 16.5. The van der Waals surface area contributed by atoms with Crippen molar-refractivity contribution < 1.29 is 44.6 Å². The minimum atomic E-state index is -1.86. The summed E-state index contributed by atoms with van der Waals surface area (Å²) in [6.45, 7) is -0.474. The Morgan fingerprint density at radius 3 is 2.46 bits per heavy atom. The number of rotatable bonds is 6. The van der Waals surface area contributed by atoms with Crippen LogP contribution in [0.5, 0.6) is 0 Å². The van der Waals surface area contributed by atoms with Crippen LogP contribution in [0.3, 0.4) is 0 Å². The second kappa shape index (κ2) is 18.0. The molecule has 2 aromatic carbocycles. The number of esters is 1. The summed E-state index contributed by atoms with van der Waals surface area (Å²) in [4.78, 5) is 29.8. The Hall–Kier alpha value is -4.08. The van der Waals surface area contributed by atoms with Crippen LogP contribution in [-0.2, 0) is 32.1 Å². The zero-order valence-electron chi connectivity index (χ0n) is 45.7. The van der Waals surface area contributed by atoms with E-state index in [1.54, 1.807) is 6.08 Å². The second-order valence-electron chi connectivity index (χ2n) is 28.3. The molecule has 9 saturated carbocycles. The molecular weight excluding hydrogens is 975 g/mol. The normalized spacial score (nSPS) is 50.0. The Bertz CT molecular complexity index is 2920. The monoisotopic (exact) mass is 1060 g/mol. The highest BCUT2D eigenvalue weighted by molar-refractivity contribution is 5.87. The number of allylic oxidation sites excluding steroid dienone is 3. The van der Waals surface area contributed by atoms with Crippen LogP contribution in [0, 0.1) is 105 Å². The van der Waals surface area contributed by atoms with Crippen molar-refractivity contribution in [3.8, 4) is 11.8 Å². The molecule has 9 fully saturated rings. The van der Waals surface area contributed by atoms with E-state index in [2.05, 4.69) is 65.7 Å². The number of nitrogens with one attached hydrogen (secondary N) is 1. The molecule has 0 amide bonds. The van der Waals surface area contributed by atoms with Crippen LogP contribution < -0.4 is 5.32 Å². The Labute approximate surface area is 461 Å². The predicted octanol–water partition coefficient (Wildman–Crippen LogP) is 9.05. The predicted molar refractivity (Wildman–Crippen MR) is 293 cm³/mol. The molecule has 0 aromatic heterocycles. The highest BCUT2D eigenvalue weighted by Crippen LogP contribution is 2.83. The summed E-state index contributed by atoms with van der Waals surface area (Å²) in [7, 11) is 1.93. The highest BCUT2D eigenvalue weighted by Gasteiger charge is 2.88. The number of benzene rings is 2. The van der Waals surface area contributed by atoms with Crippen molar-refractivity contribution in [2.75, 3.05) is 13.7 Å². The van der Waals surface area contributed by atoms with Gasteiger partial charge >= 0.3 is 5.97 Å². The summed E-state index contributed by atoms with van der Waals surface area (Å²) in [5, 5.41) is 72.1. The topological polar surface area (TPSA) is 166 Å². The number of carbonyl (C=O) groups excluding carboxylic acids is 2. The van der Waals surface area contributed by atoms with Gasteiger partial charge in [0.25, 0.3) is 0 Å². The van der Waals surface area contributed by atoms with Crippen LogP contribution in [0.15, 0.2) is 84.7 Å². The average Bonchev–Trinajstić information content (AvgIpc) is 2.41. The Morgan fingerprint density at radius 1 is 0.833 bits per heavy atom. The summed E-state index contributed by atoms with van der Waals surface area (Å²) in [5.41, 5.74) is -4.74. The molecular formula is C68H83NO9. The van der Waals surface area contributed by atoms with Gasteiger partial charge in [-0.05, 0) is 197 Å². The van der Waals surface area contributed by atoms with E-state index in [9.17, 15) is 20.1 Å². The van der Waals surface area contributed by atoms with Gasteiger partial charge in [-0.25, -0.2) is 4.79 Å². The number of hydrogen-bond acceptors (Lipinski definition) is 10. The molecule has 0 radical (unpaired) electrons. The number of aliphatic hydroxyl groups is 5. The molecule has 16 rings (SSSR count). The van der Waals surface area contributed by atoms with Crippen LogP contribution in [0.25, 0.3) is 0 Å². The molecule has 10 heteroatoms. The smallest absolute Gasteiger partial charge is 0.331 e. The first-order valence-electron chi connectivity index (χ1n) is 31.0. The van der Waals surface area contributed by atoms with Gasteiger partial charge in [-0.3, -0.25) is 0 Å². The molecule has 2 heterocycles. The van der Waals surface area contributed by atoms with E-state index >= 15 is 15.0 Å². The van der Waals surface area contributed by atoms with Crippen molar-refractivity contribution in [2.24, 2.45) is 92.7 Å². The Morgan fingerprint density at radius 2 is 1.67 bits per heavy atom. The summed E-state index contributed by atoms with van der Waals surface area (Å²) in [5.74, 6) is 7.00. The number of hydrogen-bond donors (Lipinski definition) is 6. The Kier molecular flexibility index (Phi) is 11.7. The molecule has 22 unspecified atom stereocenters. The number of aldehydes is 1. The summed E-state index contributed by atoms with van der Waals surface area (Å²) in [6, 6.07) is 16.7. The molecule has 2 aliphatic heterocycles. The minimum absolute atomic E-state index is 0.136. The maximum absolute atomic E-state index is 15.7. The van der Waals surface area contributed by atoms with Crippen molar-refractivity contribution in [2.45, 2.75) is 176 Å². The molecule has 414 valence electrons. The molecule has 14 aliphatic rings. The average molecular weight is 1060 g/mol. The molecule has 12 aliphatic carbocycles. The largest absolute Gasteiger partial charge is 0.497 e. The summed E-state index contributed by atoms with van der Waals surface area (Å²) in [6.07, 6.45) is 25.6. The molecule has 4 bridgehead atoms. The van der Waals surface area contributed by atoms with Gasteiger partial charge in [0.2, 0.25) is 0 Å².